The second-order valence-electron chi connectivity index (χ2n) is 5.23. The summed E-state index contributed by atoms with van der Waals surface area (Å²) in [7, 11) is 0. The minimum Gasteiger partial charge on any atom is -0.459 e. The number of anilines is 1. The first kappa shape index (κ1) is 15.3. The predicted molar refractivity (Wildman–Crippen MR) is 91.0 cm³/mol. The molecule has 0 fully saturated rings. The molecule has 0 spiro atoms. The Morgan fingerprint density at radius 1 is 1.28 bits per heavy atom. The molecule has 4 aromatic rings. The van der Waals surface area contributed by atoms with Gasteiger partial charge < -0.3 is 14.7 Å². The maximum Gasteiger partial charge on any atom is 0.291 e. The molecule has 8 heteroatoms. The minimum atomic E-state index is -0.485. The number of imidazole rings is 1. The number of H-pyrrole nitrogens is 1. The largest absolute Gasteiger partial charge is 0.459 e. The zero-order chi connectivity index (χ0) is 17.4. The second-order valence-corrected chi connectivity index (χ2v) is 5.67. The van der Waals surface area contributed by atoms with Crippen molar-refractivity contribution < 1.29 is 13.6 Å². The van der Waals surface area contributed by atoms with E-state index in [2.05, 4.69) is 20.3 Å². The molecule has 0 aliphatic heterocycles. The number of carbonyl (C=O) groups excluding carboxylic acids is 1. The Balaban J connectivity index is 1.70. The van der Waals surface area contributed by atoms with Gasteiger partial charge in [0.2, 0.25) is 0 Å². The number of hydrogen-bond donors (Lipinski definition) is 2. The summed E-state index contributed by atoms with van der Waals surface area (Å²) in [6.07, 6.45) is 2.87. The molecule has 0 saturated carbocycles. The molecular weight excluding hydrogens is 347 g/mol. The molecule has 0 unspecified atom stereocenters. The van der Waals surface area contributed by atoms with Crippen molar-refractivity contribution in [1.82, 2.24) is 15.0 Å². The lowest BCUT2D eigenvalue weighted by molar-refractivity contribution is 0.0996. The highest BCUT2D eigenvalue weighted by atomic mass is 35.5. The van der Waals surface area contributed by atoms with Gasteiger partial charge in [-0.15, -0.1) is 0 Å². The number of hydrogen-bond acceptors (Lipinski definition) is 4. The van der Waals surface area contributed by atoms with Crippen LogP contribution in [0.25, 0.3) is 22.6 Å². The second kappa shape index (κ2) is 6.03. The van der Waals surface area contributed by atoms with E-state index in [4.69, 9.17) is 16.0 Å². The Kier molecular flexibility index (Phi) is 3.70. The van der Waals surface area contributed by atoms with E-state index in [1.807, 2.05) is 0 Å². The minimum absolute atomic E-state index is 0.161. The first-order chi connectivity index (χ1) is 12.1. The van der Waals surface area contributed by atoms with Crippen molar-refractivity contribution in [1.29, 1.82) is 0 Å². The third-order valence-corrected chi connectivity index (χ3v) is 3.73. The average Bonchev–Trinajstić information content (AvgIpc) is 3.25. The van der Waals surface area contributed by atoms with Crippen molar-refractivity contribution in [2.24, 2.45) is 0 Å². The molecule has 3 heterocycles. The molecule has 124 valence electrons. The van der Waals surface area contributed by atoms with Crippen LogP contribution in [0.15, 0.2) is 53.3 Å². The van der Waals surface area contributed by atoms with E-state index in [0.717, 1.165) is 0 Å². The number of carbonyl (C=O) groups is 1. The van der Waals surface area contributed by atoms with E-state index in [-0.39, 0.29) is 17.1 Å². The van der Waals surface area contributed by atoms with Gasteiger partial charge in [0.1, 0.15) is 17.2 Å². The molecule has 0 aliphatic carbocycles. The Labute approximate surface area is 145 Å². The van der Waals surface area contributed by atoms with E-state index >= 15 is 0 Å². The Hall–Kier alpha value is -3.19. The van der Waals surface area contributed by atoms with Crippen LogP contribution in [0, 0.1) is 5.82 Å². The van der Waals surface area contributed by atoms with Crippen molar-refractivity contribution in [3.63, 3.8) is 0 Å². The third-order valence-electron chi connectivity index (χ3n) is 3.53. The third kappa shape index (κ3) is 2.97. The summed E-state index contributed by atoms with van der Waals surface area (Å²) in [4.78, 5) is 23.4. The first-order valence-electron chi connectivity index (χ1n) is 7.26. The number of aromatic nitrogens is 3. The maximum absolute atomic E-state index is 14.2. The summed E-state index contributed by atoms with van der Waals surface area (Å²) in [5.41, 5.74) is 1.62. The molecular formula is C17H10ClFN4O2. The molecule has 0 bridgehead atoms. The van der Waals surface area contributed by atoms with Gasteiger partial charge in [-0.1, -0.05) is 11.6 Å². The number of furan rings is 1. The van der Waals surface area contributed by atoms with Crippen molar-refractivity contribution in [2.45, 2.75) is 0 Å². The molecule has 2 N–H and O–H groups in total. The van der Waals surface area contributed by atoms with Gasteiger partial charge in [0.25, 0.3) is 5.91 Å². The molecule has 0 radical (unpaired) electrons. The zero-order valence-corrected chi connectivity index (χ0v) is 13.3. The number of nitrogens with one attached hydrogen (secondary N) is 2. The van der Waals surface area contributed by atoms with Gasteiger partial charge in [0, 0.05) is 11.9 Å². The van der Waals surface area contributed by atoms with Crippen LogP contribution in [0.3, 0.4) is 0 Å². The van der Waals surface area contributed by atoms with Gasteiger partial charge in [0.05, 0.1) is 16.8 Å². The Morgan fingerprint density at radius 2 is 2.16 bits per heavy atom. The quantitative estimate of drug-likeness (QED) is 0.574. The summed E-state index contributed by atoms with van der Waals surface area (Å²) < 4.78 is 19.3. The molecule has 4 rings (SSSR count). The van der Waals surface area contributed by atoms with E-state index in [1.54, 1.807) is 12.1 Å². The number of nitrogens with zero attached hydrogens (tertiary/aromatic N) is 2. The molecule has 3 aromatic heterocycles. The number of pyridine rings is 1. The fourth-order valence-electron chi connectivity index (χ4n) is 2.38. The van der Waals surface area contributed by atoms with Crippen LogP contribution in [0.1, 0.15) is 10.6 Å². The lowest BCUT2D eigenvalue weighted by Crippen LogP contribution is -2.11. The zero-order valence-electron chi connectivity index (χ0n) is 12.6. The van der Waals surface area contributed by atoms with Crippen LogP contribution < -0.4 is 5.32 Å². The van der Waals surface area contributed by atoms with Crippen molar-refractivity contribution >= 4 is 34.4 Å². The van der Waals surface area contributed by atoms with Gasteiger partial charge in [0.15, 0.2) is 11.4 Å². The highest BCUT2D eigenvalue weighted by Crippen LogP contribution is 2.26. The van der Waals surface area contributed by atoms with E-state index in [0.29, 0.717) is 21.9 Å². The standard InChI is InChI=1S/C17H10ClFN4O2/c18-9-6-13-16(20-8-9)23-15(22-13)11-7-10(3-4-12(11)19)21-17(24)14-2-1-5-25-14/h1-8H,(H,21,24)(H,20,22,23). The Bertz CT molecular complexity index is 1080. The van der Waals surface area contributed by atoms with Crippen molar-refractivity contribution in [3.8, 4) is 11.4 Å². The lowest BCUT2D eigenvalue weighted by atomic mass is 10.1. The van der Waals surface area contributed by atoms with Crippen LogP contribution >= 0.6 is 11.6 Å². The van der Waals surface area contributed by atoms with Gasteiger partial charge in [-0.3, -0.25) is 4.79 Å². The highest BCUT2D eigenvalue weighted by Gasteiger charge is 2.14. The molecule has 0 saturated heterocycles. The number of benzene rings is 1. The van der Waals surface area contributed by atoms with Crippen molar-refractivity contribution in [2.75, 3.05) is 5.32 Å². The van der Waals surface area contributed by atoms with E-state index in [9.17, 15) is 9.18 Å². The molecule has 1 amide bonds. The lowest BCUT2D eigenvalue weighted by Gasteiger charge is -2.06. The van der Waals surface area contributed by atoms with Crippen molar-refractivity contribution in [3.05, 3.63) is 65.5 Å². The van der Waals surface area contributed by atoms with Gasteiger partial charge in [-0.2, -0.15) is 0 Å². The van der Waals surface area contributed by atoms with Crippen LogP contribution in [0.2, 0.25) is 5.02 Å². The molecule has 25 heavy (non-hydrogen) atoms. The Morgan fingerprint density at radius 3 is 2.96 bits per heavy atom. The van der Waals surface area contributed by atoms with Crippen LogP contribution in [0.4, 0.5) is 10.1 Å². The summed E-state index contributed by atoms with van der Waals surface area (Å²) in [6, 6.07) is 8.96. The summed E-state index contributed by atoms with van der Waals surface area (Å²) >= 11 is 5.89. The fourth-order valence-corrected chi connectivity index (χ4v) is 2.54. The maximum atomic E-state index is 14.2. The van der Waals surface area contributed by atoms with Gasteiger partial charge in [-0.25, -0.2) is 14.4 Å². The van der Waals surface area contributed by atoms with Gasteiger partial charge >= 0.3 is 0 Å². The molecule has 0 atom stereocenters. The first-order valence-corrected chi connectivity index (χ1v) is 7.64. The fraction of sp³-hybridized carbons (Fsp3) is 0. The summed E-state index contributed by atoms with van der Waals surface area (Å²) in [5, 5.41) is 3.08. The van der Waals surface area contributed by atoms with Crippen LogP contribution in [-0.4, -0.2) is 20.9 Å². The molecule has 6 nitrogen and oxygen atoms in total. The SMILES string of the molecule is O=C(Nc1ccc(F)c(-c2nc3cc(Cl)cnc3[nH]2)c1)c1ccco1. The monoisotopic (exact) mass is 356 g/mol. The van der Waals surface area contributed by atoms with E-state index in [1.165, 1.54) is 36.7 Å². The number of halogens is 2. The van der Waals surface area contributed by atoms with Crippen LogP contribution in [0.5, 0.6) is 0 Å². The molecule has 0 aliphatic rings. The molecule has 1 aromatic carbocycles. The topological polar surface area (TPSA) is 83.8 Å². The predicted octanol–water partition coefficient (Wildman–Crippen LogP) is 4.26. The van der Waals surface area contributed by atoms with Crippen LogP contribution in [-0.2, 0) is 0 Å². The number of amides is 1. The summed E-state index contributed by atoms with van der Waals surface area (Å²) in [5.74, 6) is -0.466. The number of fused-ring (bicyclic) bond motifs is 1. The smallest absolute Gasteiger partial charge is 0.291 e. The average molecular weight is 357 g/mol. The highest BCUT2D eigenvalue weighted by molar-refractivity contribution is 6.31. The van der Waals surface area contributed by atoms with E-state index < -0.39 is 11.7 Å². The van der Waals surface area contributed by atoms with Gasteiger partial charge in [-0.05, 0) is 36.4 Å². The number of rotatable bonds is 3. The normalized spacial score (nSPS) is 11.0. The summed E-state index contributed by atoms with van der Waals surface area (Å²) in [6.45, 7) is 0. The number of aromatic amines is 1.